The van der Waals surface area contributed by atoms with Crippen molar-refractivity contribution in [3.63, 3.8) is 0 Å². The Kier molecular flexibility index (Phi) is 4.81. The van der Waals surface area contributed by atoms with Crippen molar-refractivity contribution < 1.29 is 4.79 Å². The molecule has 1 fully saturated rings. The van der Waals surface area contributed by atoms with Crippen molar-refractivity contribution in [2.75, 3.05) is 23.3 Å². The lowest BCUT2D eigenvalue weighted by Crippen LogP contribution is -2.29. The van der Waals surface area contributed by atoms with Crippen molar-refractivity contribution in [1.29, 1.82) is 0 Å². The molecule has 0 atom stereocenters. The molecule has 1 aliphatic heterocycles. The van der Waals surface area contributed by atoms with Crippen LogP contribution < -0.4 is 10.2 Å². The summed E-state index contributed by atoms with van der Waals surface area (Å²) >= 11 is 3.15. The van der Waals surface area contributed by atoms with E-state index in [0.717, 1.165) is 40.0 Å². The van der Waals surface area contributed by atoms with E-state index in [1.165, 1.54) is 30.6 Å². The Morgan fingerprint density at radius 1 is 1.04 bits per heavy atom. The number of benzene rings is 1. The zero-order valence-corrected chi connectivity index (χ0v) is 15.4. The Hall–Kier alpha value is -2.18. The summed E-state index contributed by atoms with van der Waals surface area (Å²) in [7, 11) is 0. The largest absolute Gasteiger partial charge is 0.348 e. The first kappa shape index (κ1) is 16.3. The van der Waals surface area contributed by atoms with E-state index in [9.17, 15) is 4.79 Å². The highest BCUT2D eigenvalue weighted by molar-refractivity contribution is 7.14. The molecule has 6 heteroatoms. The monoisotopic (exact) mass is 369 g/mol. The summed E-state index contributed by atoms with van der Waals surface area (Å²) in [4.78, 5) is 20.0. The first-order valence-corrected chi connectivity index (χ1v) is 10.2. The van der Waals surface area contributed by atoms with Crippen molar-refractivity contribution >= 4 is 39.4 Å². The number of carbonyl (C=O) groups excluding carboxylic acids is 1. The normalized spacial score (nSPS) is 14.5. The summed E-state index contributed by atoms with van der Waals surface area (Å²) in [5.74, 6) is -0.0659. The summed E-state index contributed by atoms with van der Waals surface area (Å²) in [5, 5.41) is 8.06. The Morgan fingerprint density at radius 2 is 1.84 bits per heavy atom. The molecule has 4 nitrogen and oxygen atoms in total. The number of carbonyl (C=O) groups is 1. The maximum absolute atomic E-state index is 12.1. The molecule has 0 aliphatic carbocycles. The second kappa shape index (κ2) is 7.37. The molecule has 0 spiro atoms. The van der Waals surface area contributed by atoms with Gasteiger partial charge in [-0.1, -0.05) is 18.2 Å². The summed E-state index contributed by atoms with van der Waals surface area (Å²) in [6.45, 7) is 2.22. The lowest BCUT2D eigenvalue weighted by molar-refractivity contribution is 0.103. The number of aromatic nitrogens is 1. The van der Waals surface area contributed by atoms with E-state index in [1.54, 1.807) is 11.3 Å². The van der Waals surface area contributed by atoms with Crippen LogP contribution >= 0.6 is 22.7 Å². The fraction of sp³-hybridized carbons (Fsp3) is 0.263. The molecular weight excluding hydrogens is 350 g/mol. The van der Waals surface area contributed by atoms with Crippen LogP contribution in [-0.2, 0) is 0 Å². The van der Waals surface area contributed by atoms with E-state index in [2.05, 4.69) is 15.6 Å². The molecule has 3 aromatic rings. The van der Waals surface area contributed by atoms with Crippen LogP contribution in [-0.4, -0.2) is 24.0 Å². The van der Waals surface area contributed by atoms with Crippen LogP contribution in [0, 0.1) is 0 Å². The number of rotatable bonds is 4. The zero-order valence-electron chi connectivity index (χ0n) is 13.8. The molecular formula is C19H19N3OS2. The molecule has 1 amide bonds. The van der Waals surface area contributed by atoms with Crippen molar-refractivity contribution in [3.05, 3.63) is 52.0 Å². The number of thiophene rings is 1. The summed E-state index contributed by atoms with van der Waals surface area (Å²) in [6, 6.07) is 11.6. The fourth-order valence-corrected chi connectivity index (χ4v) is 4.46. The Labute approximate surface area is 155 Å². The van der Waals surface area contributed by atoms with Gasteiger partial charge in [0.1, 0.15) is 0 Å². The van der Waals surface area contributed by atoms with Crippen LogP contribution in [0.15, 0.2) is 47.2 Å². The van der Waals surface area contributed by atoms with E-state index >= 15 is 0 Å². The van der Waals surface area contributed by atoms with E-state index in [4.69, 9.17) is 4.98 Å². The molecule has 1 aromatic carbocycles. The number of thiazole rings is 1. The smallest absolute Gasteiger partial charge is 0.265 e. The molecule has 0 unspecified atom stereocenters. The molecule has 128 valence electrons. The minimum Gasteiger partial charge on any atom is -0.348 e. The van der Waals surface area contributed by atoms with Gasteiger partial charge in [0.05, 0.1) is 10.6 Å². The van der Waals surface area contributed by atoms with Gasteiger partial charge in [0.25, 0.3) is 5.91 Å². The first-order chi connectivity index (χ1) is 12.3. The summed E-state index contributed by atoms with van der Waals surface area (Å²) < 4.78 is 0. The van der Waals surface area contributed by atoms with Gasteiger partial charge >= 0.3 is 0 Å². The minimum absolute atomic E-state index is 0.0659. The molecule has 2 aromatic heterocycles. The van der Waals surface area contributed by atoms with Crippen LogP contribution in [0.25, 0.3) is 11.3 Å². The van der Waals surface area contributed by atoms with E-state index < -0.39 is 0 Å². The van der Waals surface area contributed by atoms with Crippen molar-refractivity contribution in [2.24, 2.45) is 0 Å². The molecule has 0 radical (unpaired) electrons. The maximum atomic E-state index is 12.1. The first-order valence-electron chi connectivity index (χ1n) is 8.45. The average Bonchev–Trinajstić information content (AvgIpc) is 3.35. The average molecular weight is 370 g/mol. The molecule has 1 saturated heterocycles. The Balaban J connectivity index is 1.45. The van der Waals surface area contributed by atoms with Gasteiger partial charge in [-0.3, -0.25) is 4.79 Å². The lowest BCUT2D eigenvalue weighted by atomic mass is 10.1. The second-order valence-electron chi connectivity index (χ2n) is 6.07. The van der Waals surface area contributed by atoms with Gasteiger partial charge in [-0.15, -0.1) is 22.7 Å². The number of nitrogens with zero attached hydrogens (tertiary/aromatic N) is 2. The SMILES string of the molecule is O=C(Nc1ccc(-c2csc(N3CCCCC3)n2)cc1)c1cccs1. The van der Waals surface area contributed by atoms with E-state index in [1.807, 2.05) is 41.8 Å². The molecule has 1 N–H and O–H groups in total. The van der Waals surface area contributed by atoms with Gasteiger partial charge in [0.2, 0.25) is 0 Å². The molecule has 25 heavy (non-hydrogen) atoms. The highest BCUT2D eigenvalue weighted by atomic mass is 32.1. The highest BCUT2D eigenvalue weighted by Crippen LogP contribution is 2.29. The third-order valence-electron chi connectivity index (χ3n) is 4.30. The number of hydrogen-bond acceptors (Lipinski definition) is 5. The Morgan fingerprint density at radius 3 is 2.56 bits per heavy atom. The number of amides is 1. The van der Waals surface area contributed by atoms with Crippen LogP contribution in [0.1, 0.15) is 28.9 Å². The predicted octanol–water partition coefficient (Wildman–Crippen LogP) is 5.11. The molecule has 0 bridgehead atoms. The van der Waals surface area contributed by atoms with Gasteiger partial charge in [0.15, 0.2) is 5.13 Å². The fourth-order valence-electron chi connectivity index (χ4n) is 2.95. The third-order valence-corrected chi connectivity index (χ3v) is 6.07. The molecule has 0 saturated carbocycles. The van der Waals surface area contributed by atoms with Crippen LogP contribution in [0.4, 0.5) is 10.8 Å². The molecule has 4 rings (SSSR count). The molecule has 1 aliphatic rings. The van der Waals surface area contributed by atoms with Crippen LogP contribution in [0.5, 0.6) is 0 Å². The summed E-state index contributed by atoms with van der Waals surface area (Å²) in [6.07, 6.45) is 3.84. The highest BCUT2D eigenvalue weighted by Gasteiger charge is 2.15. The van der Waals surface area contributed by atoms with Crippen molar-refractivity contribution in [2.45, 2.75) is 19.3 Å². The van der Waals surface area contributed by atoms with Crippen LogP contribution in [0.3, 0.4) is 0 Å². The van der Waals surface area contributed by atoms with Gasteiger partial charge < -0.3 is 10.2 Å². The topological polar surface area (TPSA) is 45.2 Å². The van der Waals surface area contributed by atoms with E-state index in [-0.39, 0.29) is 5.91 Å². The lowest BCUT2D eigenvalue weighted by Gasteiger charge is -2.25. The van der Waals surface area contributed by atoms with Gasteiger partial charge in [-0.25, -0.2) is 4.98 Å². The third kappa shape index (κ3) is 3.75. The number of anilines is 2. The minimum atomic E-state index is -0.0659. The van der Waals surface area contributed by atoms with Gasteiger partial charge in [-0.05, 0) is 42.8 Å². The van der Waals surface area contributed by atoms with Crippen molar-refractivity contribution in [1.82, 2.24) is 4.98 Å². The maximum Gasteiger partial charge on any atom is 0.265 e. The number of piperidine rings is 1. The Bertz CT molecular complexity index is 834. The second-order valence-corrected chi connectivity index (χ2v) is 7.86. The standard InChI is InChI=1S/C19H19N3OS2/c23-18(17-5-4-12-24-17)20-15-8-6-14(7-9-15)16-13-25-19(21-16)22-10-2-1-3-11-22/h4-9,12-13H,1-3,10-11H2,(H,20,23). The predicted molar refractivity (Wildman–Crippen MR) is 106 cm³/mol. The van der Waals surface area contributed by atoms with Crippen molar-refractivity contribution in [3.8, 4) is 11.3 Å². The van der Waals surface area contributed by atoms with Gasteiger partial charge in [-0.2, -0.15) is 0 Å². The zero-order chi connectivity index (χ0) is 17.1. The molecule has 3 heterocycles. The van der Waals surface area contributed by atoms with Gasteiger partial charge in [0, 0.05) is 29.7 Å². The quantitative estimate of drug-likeness (QED) is 0.695. The number of nitrogens with one attached hydrogen (secondary N) is 1. The van der Waals surface area contributed by atoms with Crippen LogP contribution in [0.2, 0.25) is 0 Å². The van der Waals surface area contributed by atoms with E-state index in [0.29, 0.717) is 0 Å². The number of hydrogen-bond donors (Lipinski definition) is 1. The summed E-state index contributed by atoms with van der Waals surface area (Å²) in [5.41, 5.74) is 2.88.